The van der Waals surface area contributed by atoms with Crippen LogP contribution in [0, 0.1) is 0 Å². The van der Waals surface area contributed by atoms with Gasteiger partial charge in [-0.15, -0.1) is 0 Å². The summed E-state index contributed by atoms with van der Waals surface area (Å²) in [6.45, 7) is -0.273. The molecule has 0 N–H and O–H groups in total. The fourth-order valence-electron chi connectivity index (χ4n) is 1.07. The van der Waals surface area contributed by atoms with Crippen molar-refractivity contribution in [2.24, 2.45) is 0 Å². The van der Waals surface area contributed by atoms with Crippen LogP contribution in [0.5, 0.6) is 0 Å². The molecule has 0 radical (unpaired) electrons. The van der Waals surface area contributed by atoms with Crippen LogP contribution in [0.25, 0.3) is 0 Å². The van der Waals surface area contributed by atoms with E-state index in [0.29, 0.717) is 12.2 Å². The summed E-state index contributed by atoms with van der Waals surface area (Å²) < 4.78 is 4.56. The van der Waals surface area contributed by atoms with Gasteiger partial charge in [-0.2, -0.15) is 0 Å². The first-order chi connectivity index (χ1) is 8.00. The smallest absolute Gasteiger partial charge is 0.330 e. The second-order valence-corrected chi connectivity index (χ2v) is 2.98. The molecule has 0 fully saturated rings. The number of hydrogen-bond acceptors (Lipinski definition) is 6. The summed E-state index contributed by atoms with van der Waals surface area (Å²) in [6.07, 6.45) is 3.43. The predicted octanol–water partition coefficient (Wildman–Crippen LogP) is -2.24. The lowest BCUT2D eigenvalue weighted by atomic mass is 10.5. The van der Waals surface area contributed by atoms with Gasteiger partial charge in [-0.3, -0.25) is 14.5 Å². The van der Waals surface area contributed by atoms with E-state index in [9.17, 15) is 24.3 Å². The van der Waals surface area contributed by atoms with Gasteiger partial charge in [0.25, 0.3) is 11.8 Å². The lowest BCUT2D eigenvalue weighted by Gasteiger charge is -2.12. The first-order valence-electron chi connectivity index (χ1n) is 4.60. The molecule has 0 aromatic heterocycles. The van der Waals surface area contributed by atoms with Gasteiger partial charge in [-0.25, -0.2) is 4.79 Å². The number of hydrogen-bond donors (Lipinski definition) is 0. The van der Waals surface area contributed by atoms with Gasteiger partial charge in [0.1, 0.15) is 6.61 Å². The molecule has 0 saturated carbocycles. The highest BCUT2D eigenvalue weighted by Gasteiger charge is 2.22. The van der Waals surface area contributed by atoms with Crippen LogP contribution >= 0.6 is 0 Å². The van der Waals surface area contributed by atoms with E-state index >= 15 is 0 Å². The number of rotatable bonds is 5. The molecule has 0 aromatic rings. The van der Waals surface area contributed by atoms with Gasteiger partial charge in [0.15, 0.2) is 0 Å². The molecule has 7 nitrogen and oxygen atoms in total. The number of amides is 2. The summed E-state index contributed by atoms with van der Waals surface area (Å²) in [6, 6.07) is 0. The summed E-state index contributed by atoms with van der Waals surface area (Å²) in [5, 5.41) is 9.96. The topological polar surface area (TPSA) is 104 Å². The van der Waals surface area contributed by atoms with E-state index in [1.165, 1.54) is 0 Å². The Morgan fingerprint density at radius 3 is 2.35 bits per heavy atom. The number of aliphatic carboxylic acids is 1. The highest BCUT2D eigenvalue weighted by atomic mass is 16.5. The Morgan fingerprint density at radius 1 is 1.24 bits per heavy atom. The van der Waals surface area contributed by atoms with Crippen molar-refractivity contribution in [1.82, 2.24) is 4.90 Å². The maximum absolute atomic E-state index is 11.1. The van der Waals surface area contributed by atoms with E-state index in [2.05, 4.69) is 4.74 Å². The van der Waals surface area contributed by atoms with Crippen LogP contribution in [0.1, 0.15) is 0 Å². The third-order valence-electron chi connectivity index (χ3n) is 1.82. The van der Waals surface area contributed by atoms with Gasteiger partial charge >= 0.3 is 5.97 Å². The minimum absolute atomic E-state index is 0.0738. The molecule has 1 rings (SSSR count). The molecule has 0 aliphatic carbocycles. The van der Waals surface area contributed by atoms with Crippen molar-refractivity contribution in [2.45, 2.75) is 0 Å². The van der Waals surface area contributed by atoms with E-state index in [0.717, 1.165) is 17.1 Å². The molecule has 0 saturated heterocycles. The van der Waals surface area contributed by atoms with E-state index in [1.54, 1.807) is 0 Å². The van der Waals surface area contributed by atoms with Crippen molar-refractivity contribution in [3.8, 4) is 0 Å². The normalized spacial score (nSPS) is 14.7. The Kier molecular flexibility index (Phi) is 4.15. The molecule has 0 aromatic carbocycles. The average Bonchev–Trinajstić information content (AvgIpc) is 2.57. The van der Waals surface area contributed by atoms with Crippen LogP contribution in [0.3, 0.4) is 0 Å². The molecular weight excluding hydrogens is 230 g/mol. The Labute approximate surface area is 96.0 Å². The summed E-state index contributed by atoms with van der Waals surface area (Å²) in [4.78, 5) is 43.8. The fraction of sp³-hybridized carbons (Fsp3) is 0.200. The lowest BCUT2D eigenvalue weighted by Crippen LogP contribution is -2.33. The van der Waals surface area contributed by atoms with Crippen molar-refractivity contribution in [3.05, 3.63) is 24.3 Å². The Balaban J connectivity index is 2.29. The van der Waals surface area contributed by atoms with Gasteiger partial charge in [0.05, 0.1) is 12.5 Å². The van der Waals surface area contributed by atoms with Crippen LogP contribution in [0.4, 0.5) is 0 Å². The largest absolute Gasteiger partial charge is 0.545 e. The first kappa shape index (κ1) is 12.6. The van der Waals surface area contributed by atoms with Crippen LogP contribution < -0.4 is 5.11 Å². The van der Waals surface area contributed by atoms with E-state index < -0.39 is 23.8 Å². The third kappa shape index (κ3) is 3.90. The van der Waals surface area contributed by atoms with Crippen LogP contribution in [0.15, 0.2) is 24.3 Å². The maximum Gasteiger partial charge on any atom is 0.330 e. The number of esters is 1. The van der Waals surface area contributed by atoms with Crippen LogP contribution in [-0.4, -0.2) is 41.8 Å². The molecule has 0 bridgehead atoms. The molecular formula is C10H8NO6-. The fourth-order valence-corrected chi connectivity index (χ4v) is 1.07. The molecule has 7 heteroatoms. The molecule has 1 heterocycles. The van der Waals surface area contributed by atoms with Gasteiger partial charge in [0, 0.05) is 18.2 Å². The minimum Gasteiger partial charge on any atom is -0.545 e. The van der Waals surface area contributed by atoms with E-state index in [4.69, 9.17) is 0 Å². The summed E-state index contributed by atoms with van der Waals surface area (Å²) in [5.41, 5.74) is 0. The van der Waals surface area contributed by atoms with Gasteiger partial charge in [-0.05, 0) is 6.08 Å². The first-order valence-corrected chi connectivity index (χ1v) is 4.60. The monoisotopic (exact) mass is 238 g/mol. The van der Waals surface area contributed by atoms with Gasteiger partial charge < -0.3 is 14.6 Å². The zero-order valence-electron chi connectivity index (χ0n) is 8.62. The molecule has 2 amide bonds. The Morgan fingerprint density at radius 2 is 1.82 bits per heavy atom. The molecule has 0 atom stereocenters. The predicted molar refractivity (Wildman–Crippen MR) is 51.0 cm³/mol. The summed E-state index contributed by atoms with van der Waals surface area (Å²) in [5.74, 6) is -3.36. The van der Waals surface area contributed by atoms with Gasteiger partial charge in [-0.1, -0.05) is 0 Å². The zero-order valence-corrected chi connectivity index (χ0v) is 8.62. The number of ether oxygens (including phenoxy) is 1. The van der Waals surface area contributed by atoms with Crippen molar-refractivity contribution in [2.75, 3.05) is 13.2 Å². The molecule has 0 spiro atoms. The van der Waals surface area contributed by atoms with Crippen molar-refractivity contribution < 1.29 is 29.0 Å². The summed E-state index contributed by atoms with van der Waals surface area (Å²) in [7, 11) is 0. The van der Waals surface area contributed by atoms with Gasteiger partial charge in [0.2, 0.25) is 0 Å². The zero-order chi connectivity index (χ0) is 12.8. The Bertz CT molecular complexity index is 405. The SMILES string of the molecule is O=C([O-])/C=C\C(=O)OCCN1C(=O)C=CC1=O. The Hall–Kier alpha value is -2.44. The second-order valence-electron chi connectivity index (χ2n) is 2.98. The standard InChI is InChI=1S/C10H9NO6/c12-7-1-2-8(13)11(7)5-6-17-10(16)4-3-9(14)15/h1-4H,5-6H2,(H,14,15)/p-1/b4-3-. The highest BCUT2D eigenvalue weighted by molar-refractivity contribution is 6.12. The van der Waals surface area contributed by atoms with E-state index in [-0.39, 0.29) is 13.2 Å². The summed E-state index contributed by atoms with van der Waals surface area (Å²) >= 11 is 0. The van der Waals surface area contributed by atoms with Crippen LogP contribution in [0.2, 0.25) is 0 Å². The molecule has 17 heavy (non-hydrogen) atoms. The number of nitrogens with zero attached hydrogens (tertiary/aromatic N) is 1. The van der Waals surface area contributed by atoms with Crippen molar-refractivity contribution >= 4 is 23.8 Å². The highest BCUT2D eigenvalue weighted by Crippen LogP contribution is 2.02. The average molecular weight is 238 g/mol. The minimum atomic E-state index is -1.52. The van der Waals surface area contributed by atoms with E-state index in [1.807, 2.05) is 0 Å². The number of carboxylic acids is 1. The number of carboxylic acid groups (broad SMARTS) is 1. The number of imide groups is 1. The molecule has 0 unspecified atom stereocenters. The number of carbonyl (C=O) groups excluding carboxylic acids is 4. The molecule has 1 aliphatic heterocycles. The van der Waals surface area contributed by atoms with Crippen molar-refractivity contribution in [3.63, 3.8) is 0 Å². The molecule has 90 valence electrons. The maximum atomic E-state index is 11.1. The molecule has 1 aliphatic rings. The number of carbonyl (C=O) groups is 4. The third-order valence-corrected chi connectivity index (χ3v) is 1.82. The van der Waals surface area contributed by atoms with Crippen molar-refractivity contribution in [1.29, 1.82) is 0 Å². The van der Waals surface area contributed by atoms with Crippen LogP contribution in [-0.2, 0) is 23.9 Å². The quantitative estimate of drug-likeness (QED) is 0.305. The lowest BCUT2D eigenvalue weighted by molar-refractivity contribution is -0.297. The second kappa shape index (κ2) is 5.59.